The lowest BCUT2D eigenvalue weighted by atomic mass is 10.1. The standard InChI is InChI=1S/C12H15N5O2/c1-13-11(18)7-2-3-8-10(15-7)16-12(19)9-6-14-4-5-17(8)9/h2-3,9,14H,4-6H2,1H3,(H,13,18)(H,15,16,19)/t9-/m0/s1. The Morgan fingerprint density at radius 3 is 3.16 bits per heavy atom. The summed E-state index contributed by atoms with van der Waals surface area (Å²) >= 11 is 0. The summed E-state index contributed by atoms with van der Waals surface area (Å²) in [5.41, 5.74) is 1.17. The summed E-state index contributed by atoms with van der Waals surface area (Å²) in [5, 5.41) is 8.48. The van der Waals surface area contributed by atoms with Gasteiger partial charge in [-0.1, -0.05) is 0 Å². The van der Waals surface area contributed by atoms with Crippen LogP contribution in [0.1, 0.15) is 10.5 Å². The van der Waals surface area contributed by atoms with E-state index in [4.69, 9.17) is 0 Å². The summed E-state index contributed by atoms with van der Waals surface area (Å²) in [4.78, 5) is 29.8. The molecule has 2 aliphatic rings. The van der Waals surface area contributed by atoms with Gasteiger partial charge in [0.15, 0.2) is 5.82 Å². The summed E-state index contributed by atoms with van der Waals surface area (Å²) in [6.45, 7) is 2.22. The van der Waals surface area contributed by atoms with Crippen molar-refractivity contribution in [2.24, 2.45) is 0 Å². The molecule has 100 valence electrons. The number of aromatic nitrogens is 1. The minimum atomic E-state index is -0.264. The summed E-state index contributed by atoms with van der Waals surface area (Å²) in [6.07, 6.45) is 0. The lowest BCUT2D eigenvalue weighted by Crippen LogP contribution is -2.59. The summed E-state index contributed by atoms with van der Waals surface area (Å²) in [7, 11) is 1.55. The number of carbonyl (C=O) groups excluding carboxylic acids is 2. The van der Waals surface area contributed by atoms with Crippen LogP contribution in [0.15, 0.2) is 12.1 Å². The zero-order valence-corrected chi connectivity index (χ0v) is 10.6. The molecule has 3 heterocycles. The number of amides is 2. The van der Waals surface area contributed by atoms with E-state index in [1.165, 1.54) is 0 Å². The molecular weight excluding hydrogens is 246 g/mol. The highest BCUT2D eigenvalue weighted by molar-refractivity contribution is 6.03. The van der Waals surface area contributed by atoms with E-state index in [2.05, 4.69) is 20.9 Å². The topological polar surface area (TPSA) is 86.4 Å². The Hall–Kier alpha value is -2.15. The number of piperazine rings is 1. The zero-order valence-electron chi connectivity index (χ0n) is 10.6. The number of carbonyl (C=O) groups is 2. The summed E-state index contributed by atoms with van der Waals surface area (Å²) in [6, 6.07) is 3.31. The molecule has 2 aliphatic heterocycles. The van der Waals surface area contributed by atoms with E-state index in [1.54, 1.807) is 13.1 Å². The van der Waals surface area contributed by atoms with Gasteiger partial charge in [0.1, 0.15) is 11.7 Å². The molecule has 1 atom stereocenters. The minimum Gasteiger partial charge on any atom is -0.354 e. The van der Waals surface area contributed by atoms with E-state index in [-0.39, 0.29) is 17.9 Å². The second-order valence-corrected chi connectivity index (χ2v) is 4.55. The predicted molar refractivity (Wildman–Crippen MR) is 70.3 cm³/mol. The second-order valence-electron chi connectivity index (χ2n) is 4.55. The molecule has 3 N–H and O–H groups in total. The van der Waals surface area contributed by atoms with Gasteiger partial charge in [0.05, 0.1) is 5.69 Å². The molecule has 0 radical (unpaired) electrons. The van der Waals surface area contributed by atoms with Gasteiger partial charge >= 0.3 is 0 Å². The van der Waals surface area contributed by atoms with Crippen molar-refractivity contribution in [3.63, 3.8) is 0 Å². The average Bonchev–Trinajstić information content (AvgIpc) is 2.46. The van der Waals surface area contributed by atoms with Gasteiger partial charge in [0.25, 0.3) is 5.91 Å². The summed E-state index contributed by atoms with van der Waals surface area (Å²) in [5.74, 6) is 0.116. The van der Waals surface area contributed by atoms with Gasteiger partial charge in [-0.05, 0) is 12.1 Å². The highest BCUT2D eigenvalue weighted by atomic mass is 16.2. The molecule has 1 aromatic rings. The number of rotatable bonds is 1. The zero-order chi connectivity index (χ0) is 13.4. The smallest absolute Gasteiger partial charge is 0.269 e. The number of pyridine rings is 1. The first-order valence-electron chi connectivity index (χ1n) is 6.22. The molecule has 0 spiro atoms. The maximum Gasteiger partial charge on any atom is 0.269 e. The van der Waals surface area contributed by atoms with Crippen LogP contribution in [0, 0.1) is 0 Å². The van der Waals surface area contributed by atoms with Crippen LogP contribution in [0.2, 0.25) is 0 Å². The molecular formula is C12H15N5O2. The number of anilines is 2. The molecule has 2 amide bonds. The van der Waals surface area contributed by atoms with Crippen LogP contribution in [0.3, 0.4) is 0 Å². The van der Waals surface area contributed by atoms with Gasteiger partial charge in [-0.2, -0.15) is 0 Å². The highest BCUT2D eigenvalue weighted by Gasteiger charge is 2.35. The normalized spacial score (nSPS) is 21.2. The molecule has 0 aromatic carbocycles. The Labute approximate surface area is 110 Å². The Balaban J connectivity index is 2.00. The van der Waals surface area contributed by atoms with E-state index in [0.717, 1.165) is 18.8 Å². The molecule has 3 rings (SSSR count). The molecule has 1 fully saturated rings. The van der Waals surface area contributed by atoms with Crippen LogP contribution >= 0.6 is 0 Å². The first-order valence-corrected chi connectivity index (χ1v) is 6.22. The third kappa shape index (κ3) is 1.91. The number of hydrogen-bond donors (Lipinski definition) is 3. The molecule has 7 heteroatoms. The van der Waals surface area contributed by atoms with Crippen molar-refractivity contribution in [3.8, 4) is 0 Å². The average molecular weight is 261 g/mol. The Kier molecular flexibility index (Phi) is 2.83. The van der Waals surface area contributed by atoms with Crippen molar-refractivity contribution in [1.82, 2.24) is 15.6 Å². The highest BCUT2D eigenvalue weighted by Crippen LogP contribution is 2.31. The first kappa shape index (κ1) is 11.9. The summed E-state index contributed by atoms with van der Waals surface area (Å²) < 4.78 is 0. The van der Waals surface area contributed by atoms with Crippen molar-refractivity contribution in [1.29, 1.82) is 0 Å². The quantitative estimate of drug-likeness (QED) is 0.614. The fourth-order valence-electron chi connectivity index (χ4n) is 2.46. The van der Waals surface area contributed by atoms with Crippen molar-refractivity contribution in [3.05, 3.63) is 17.8 Å². The van der Waals surface area contributed by atoms with E-state index >= 15 is 0 Å². The van der Waals surface area contributed by atoms with Crippen LogP contribution in [0.25, 0.3) is 0 Å². The van der Waals surface area contributed by atoms with E-state index in [1.807, 2.05) is 11.0 Å². The van der Waals surface area contributed by atoms with Crippen molar-refractivity contribution in [2.45, 2.75) is 6.04 Å². The monoisotopic (exact) mass is 261 g/mol. The molecule has 0 aliphatic carbocycles. The van der Waals surface area contributed by atoms with Crippen LogP contribution < -0.4 is 20.9 Å². The number of fused-ring (bicyclic) bond motifs is 3. The lowest BCUT2D eigenvalue weighted by Gasteiger charge is -2.40. The Morgan fingerprint density at radius 2 is 2.37 bits per heavy atom. The van der Waals surface area contributed by atoms with Crippen LogP contribution in [-0.2, 0) is 4.79 Å². The number of hydrogen-bond acceptors (Lipinski definition) is 5. The molecule has 19 heavy (non-hydrogen) atoms. The molecule has 7 nitrogen and oxygen atoms in total. The van der Waals surface area contributed by atoms with Gasteiger partial charge < -0.3 is 20.9 Å². The molecule has 1 aromatic heterocycles. The van der Waals surface area contributed by atoms with E-state index in [0.29, 0.717) is 18.1 Å². The van der Waals surface area contributed by atoms with Gasteiger partial charge in [0, 0.05) is 26.7 Å². The van der Waals surface area contributed by atoms with Crippen molar-refractivity contribution in [2.75, 3.05) is 36.9 Å². The fraction of sp³-hybridized carbons (Fsp3) is 0.417. The van der Waals surface area contributed by atoms with Crippen molar-refractivity contribution >= 4 is 23.3 Å². The van der Waals surface area contributed by atoms with Crippen molar-refractivity contribution < 1.29 is 9.59 Å². The van der Waals surface area contributed by atoms with Crippen LogP contribution in [0.5, 0.6) is 0 Å². The van der Waals surface area contributed by atoms with Gasteiger partial charge in [-0.25, -0.2) is 4.98 Å². The third-order valence-electron chi connectivity index (χ3n) is 3.43. The number of nitrogens with zero attached hydrogens (tertiary/aromatic N) is 2. The molecule has 0 unspecified atom stereocenters. The fourth-order valence-corrected chi connectivity index (χ4v) is 2.46. The predicted octanol–water partition coefficient (Wildman–Crippen LogP) is -0.828. The van der Waals surface area contributed by atoms with Crippen LogP contribution in [-0.4, -0.2) is 49.5 Å². The minimum absolute atomic E-state index is 0.0822. The Bertz CT molecular complexity index is 545. The van der Waals surface area contributed by atoms with E-state index in [9.17, 15) is 9.59 Å². The Morgan fingerprint density at radius 1 is 1.53 bits per heavy atom. The number of nitrogens with one attached hydrogen (secondary N) is 3. The van der Waals surface area contributed by atoms with Gasteiger partial charge in [0.2, 0.25) is 5.91 Å². The second kappa shape index (κ2) is 4.51. The van der Waals surface area contributed by atoms with E-state index < -0.39 is 0 Å². The SMILES string of the molecule is CNC(=O)c1ccc2c(n1)NC(=O)[C@@H]1CNCCN21. The maximum absolute atomic E-state index is 12.0. The largest absolute Gasteiger partial charge is 0.354 e. The molecule has 1 saturated heterocycles. The third-order valence-corrected chi connectivity index (χ3v) is 3.43. The molecule has 0 bridgehead atoms. The van der Waals surface area contributed by atoms with Crippen LogP contribution in [0.4, 0.5) is 11.5 Å². The molecule has 0 saturated carbocycles. The van der Waals surface area contributed by atoms with Gasteiger partial charge in [-0.15, -0.1) is 0 Å². The first-order chi connectivity index (χ1) is 9.20. The lowest BCUT2D eigenvalue weighted by molar-refractivity contribution is -0.117. The van der Waals surface area contributed by atoms with Gasteiger partial charge in [-0.3, -0.25) is 9.59 Å². The maximum atomic E-state index is 12.0.